The first-order valence-corrected chi connectivity index (χ1v) is 18.9. The Kier molecular flexibility index (Phi) is 15.3. The number of carbonyl (C=O) groups excluding carboxylic acids is 1. The molecule has 8 nitrogen and oxygen atoms in total. The lowest BCUT2D eigenvalue weighted by atomic mass is 10.1. The zero-order valence-electron chi connectivity index (χ0n) is 31.3. The van der Waals surface area contributed by atoms with E-state index in [1.54, 1.807) is 24.4 Å². The molecular weight excluding hydrogens is 757 g/mol. The second-order valence-electron chi connectivity index (χ2n) is 13.4. The van der Waals surface area contributed by atoms with Crippen LogP contribution >= 0.6 is 35.6 Å². The number of aryl methyl sites for hydroxylation is 1. The number of aldehydes is 1. The van der Waals surface area contributed by atoms with E-state index in [1.165, 1.54) is 11.1 Å². The van der Waals surface area contributed by atoms with Gasteiger partial charge >= 0.3 is 0 Å². The van der Waals surface area contributed by atoms with E-state index in [1.807, 2.05) is 81.4 Å². The van der Waals surface area contributed by atoms with Crippen LogP contribution in [0.25, 0.3) is 5.70 Å². The average molecular weight is 803 g/mol. The van der Waals surface area contributed by atoms with Crippen LogP contribution in [0.4, 0.5) is 0 Å². The molecule has 1 fully saturated rings. The highest BCUT2D eigenvalue weighted by atomic mass is 35.5. The maximum absolute atomic E-state index is 11.8. The summed E-state index contributed by atoms with van der Waals surface area (Å²) in [5, 5.41) is 1.08. The van der Waals surface area contributed by atoms with Crippen LogP contribution in [0.2, 0.25) is 10.0 Å². The topological polar surface area (TPSA) is 73.4 Å². The van der Waals surface area contributed by atoms with Crippen molar-refractivity contribution in [3.8, 4) is 28.9 Å². The van der Waals surface area contributed by atoms with Crippen molar-refractivity contribution in [3.05, 3.63) is 147 Å². The molecule has 5 aromatic rings. The Morgan fingerprint density at radius 1 is 0.818 bits per heavy atom. The number of hydrogen-bond acceptors (Lipinski definition) is 8. The van der Waals surface area contributed by atoms with Gasteiger partial charge in [0.2, 0.25) is 5.88 Å². The molecule has 1 aromatic heterocycles. The molecule has 55 heavy (non-hydrogen) atoms. The molecule has 6 rings (SSSR count). The molecule has 0 unspecified atom stereocenters. The van der Waals surface area contributed by atoms with E-state index in [-0.39, 0.29) is 18.5 Å². The molecule has 288 valence electrons. The Labute approximate surface area is 340 Å². The Balaban J connectivity index is 0.00000580. The molecule has 1 aliphatic rings. The summed E-state index contributed by atoms with van der Waals surface area (Å²) < 4.78 is 23.6. The maximum atomic E-state index is 11.8. The van der Waals surface area contributed by atoms with Crippen molar-refractivity contribution < 1.29 is 23.7 Å². The summed E-state index contributed by atoms with van der Waals surface area (Å²) >= 11 is 13.0. The summed E-state index contributed by atoms with van der Waals surface area (Å²) in [6.07, 6.45) is 5.03. The summed E-state index contributed by atoms with van der Waals surface area (Å²) in [7, 11) is 0. The van der Waals surface area contributed by atoms with Crippen LogP contribution < -0.4 is 18.9 Å². The minimum Gasteiger partial charge on any atom is -0.493 e. The van der Waals surface area contributed by atoms with E-state index in [0.717, 1.165) is 79.3 Å². The van der Waals surface area contributed by atoms with Crippen molar-refractivity contribution in [2.75, 3.05) is 32.8 Å². The molecule has 4 aromatic carbocycles. The molecule has 11 heteroatoms. The standard InChI is InChI=1S/C44H45Cl2N3O5.ClH/c1-31(2)53-38-14-12-37(13-15-38)51-25-19-33-8-10-34(11-9-33)29-48-20-22-49(23-21-48)42(18-24-50)36-26-32(3)44(41(46)27-36)54-43-17-16-39(28-47-43)52-30-35-6-4-5-7-40(35)45;/h4-18,24,26-28,31H,19-23,25,29-30H2,1-3H3;1H/b42-18+;. The second kappa shape index (κ2) is 20.3. The molecule has 2 heterocycles. The van der Waals surface area contributed by atoms with Gasteiger partial charge in [-0.25, -0.2) is 4.98 Å². The normalized spacial score (nSPS) is 13.3. The van der Waals surface area contributed by atoms with E-state index in [4.69, 9.17) is 42.1 Å². The van der Waals surface area contributed by atoms with Crippen LogP contribution in [0, 0.1) is 6.92 Å². The van der Waals surface area contributed by atoms with Crippen molar-refractivity contribution in [1.82, 2.24) is 14.8 Å². The van der Waals surface area contributed by atoms with Crippen molar-refractivity contribution in [3.63, 3.8) is 0 Å². The van der Waals surface area contributed by atoms with Crippen LogP contribution in [0.1, 0.15) is 41.7 Å². The molecule has 0 bridgehead atoms. The van der Waals surface area contributed by atoms with E-state index < -0.39 is 0 Å². The number of ether oxygens (including phenoxy) is 4. The quantitative estimate of drug-likeness (QED) is 0.0722. The Morgan fingerprint density at radius 3 is 2.16 bits per heavy atom. The number of carbonyl (C=O) groups is 1. The van der Waals surface area contributed by atoms with Gasteiger partial charge in [0.1, 0.15) is 30.1 Å². The van der Waals surface area contributed by atoms with Gasteiger partial charge in [-0.15, -0.1) is 12.4 Å². The minimum absolute atomic E-state index is 0. The summed E-state index contributed by atoms with van der Waals surface area (Å²) in [5.41, 5.74) is 5.92. The molecule has 1 saturated heterocycles. The molecule has 1 aliphatic heterocycles. The number of rotatable bonds is 16. The number of benzene rings is 4. The minimum atomic E-state index is 0. The fourth-order valence-electron chi connectivity index (χ4n) is 6.24. The first kappa shape index (κ1) is 41.4. The van der Waals surface area contributed by atoms with E-state index >= 15 is 0 Å². The van der Waals surface area contributed by atoms with E-state index in [9.17, 15) is 4.79 Å². The predicted octanol–water partition coefficient (Wildman–Crippen LogP) is 10.3. The zero-order chi connectivity index (χ0) is 37.9. The van der Waals surface area contributed by atoms with Crippen molar-refractivity contribution in [2.45, 2.75) is 46.4 Å². The van der Waals surface area contributed by atoms with Gasteiger partial charge in [0.25, 0.3) is 0 Å². The Hall–Kier alpha value is -4.73. The number of piperazine rings is 1. The van der Waals surface area contributed by atoms with Gasteiger partial charge in [-0.3, -0.25) is 9.69 Å². The predicted molar refractivity (Wildman–Crippen MR) is 222 cm³/mol. The number of aromatic nitrogens is 1. The van der Waals surface area contributed by atoms with Gasteiger partial charge in [-0.2, -0.15) is 0 Å². The zero-order valence-corrected chi connectivity index (χ0v) is 33.6. The summed E-state index contributed by atoms with van der Waals surface area (Å²) in [6, 6.07) is 31.5. The van der Waals surface area contributed by atoms with Crippen LogP contribution in [-0.4, -0.2) is 60.0 Å². The number of hydrogen-bond donors (Lipinski definition) is 0. The molecule has 0 N–H and O–H groups in total. The molecule has 0 amide bonds. The first-order chi connectivity index (χ1) is 26.2. The third-order valence-electron chi connectivity index (χ3n) is 9.02. The van der Waals surface area contributed by atoms with Crippen LogP contribution in [0.15, 0.2) is 109 Å². The van der Waals surface area contributed by atoms with Crippen molar-refractivity contribution in [2.24, 2.45) is 0 Å². The number of pyridine rings is 1. The average Bonchev–Trinajstić information content (AvgIpc) is 3.17. The summed E-state index contributed by atoms with van der Waals surface area (Å²) in [6.45, 7) is 11.1. The maximum Gasteiger partial charge on any atom is 0.219 e. The number of nitrogens with zero attached hydrogens (tertiary/aromatic N) is 3. The Morgan fingerprint density at radius 2 is 1.51 bits per heavy atom. The van der Waals surface area contributed by atoms with Gasteiger partial charge in [-0.1, -0.05) is 65.7 Å². The molecule has 0 radical (unpaired) electrons. The fourth-order valence-corrected chi connectivity index (χ4v) is 6.74. The molecule has 0 aliphatic carbocycles. The van der Waals surface area contributed by atoms with Gasteiger partial charge in [-0.05, 0) is 91.6 Å². The summed E-state index contributed by atoms with van der Waals surface area (Å²) in [4.78, 5) is 20.9. The lowest BCUT2D eigenvalue weighted by molar-refractivity contribution is -0.104. The monoisotopic (exact) mass is 801 g/mol. The van der Waals surface area contributed by atoms with Gasteiger partial charge in [0.15, 0.2) is 5.75 Å². The van der Waals surface area contributed by atoms with Crippen LogP contribution in [-0.2, 0) is 24.4 Å². The third-order valence-corrected chi connectivity index (χ3v) is 9.67. The largest absolute Gasteiger partial charge is 0.493 e. The number of halogens is 3. The SMILES string of the molecule is Cc1cc(/C(=C\C=O)N2CCN(Cc3ccc(CCOc4ccc(OC(C)C)cc4)cc3)CC2)cc(Cl)c1Oc1ccc(OCc2ccccc2Cl)cn1.Cl. The Bertz CT molecular complexity index is 1990. The molecule has 0 spiro atoms. The highest BCUT2D eigenvalue weighted by Gasteiger charge is 2.22. The van der Waals surface area contributed by atoms with Crippen LogP contribution in [0.5, 0.6) is 28.9 Å². The molecule has 0 atom stereocenters. The van der Waals surface area contributed by atoms with Crippen LogP contribution in [0.3, 0.4) is 0 Å². The number of allylic oxidation sites excluding steroid dienone is 1. The summed E-state index contributed by atoms with van der Waals surface area (Å²) in [5.74, 6) is 3.17. The molecular formula is C44H46Cl3N3O5. The lowest BCUT2D eigenvalue weighted by Gasteiger charge is -2.37. The fraction of sp³-hybridized carbons (Fsp3) is 0.273. The lowest BCUT2D eigenvalue weighted by Crippen LogP contribution is -2.45. The van der Waals surface area contributed by atoms with Gasteiger partial charge < -0.3 is 23.8 Å². The highest BCUT2D eigenvalue weighted by molar-refractivity contribution is 6.32. The third kappa shape index (κ3) is 11.9. The van der Waals surface area contributed by atoms with E-state index in [0.29, 0.717) is 40.6 Å². The van der Waals surface area contributed by atoms with Crippen molar-refractivity contribution in [1.29, 1.82) is 0 Å². The van der Waals surface area contributed by atoms with E-state index in [2.05, 4.69) is 39.0 Å². The van der Waals surface area contributed by atoms with Gasteiger partial charge in [0, 0.05) is 67.6 Å². The second-order valence-corrected chi connectivity index (χ2v) is 14.2. The van der Waals surface area contributed by atoms with Crippen molar-refractivity contribution >= 4 is 47.6 Å². The molecule has 0 saturated carbocycles. The first-order valence-electron chi connectivity index (χ1n) is 18.1. The smallest absolute Gasteiger partial charge is 0.219 e. The van der Waals surface area contributed by atoms with Gasteiger partial charge in [0.05, 0.1) is 23.9 Å². The highest BCUT2D eigenvalue weighted by Crippen LogP contribution is 2.36.